The first kappa shape index (κ1) is 23.7. The van der Waals surface area contributed by atoms with E-state index in [1.165, 1.54) is 11.0 Å². The van der Waals surface area contributed by atoms with Crippen molar-refractivity contribution in [2.45, 2.75) is 32.5 Å². The molecule has 1 atom stereocenters. The van der Waals surface area contributed by atoms with Crippen molar-refractivity contribution in [3.05, 3.63) is 59.7 Å². The van der Waals surface area contributed by atoms with Crippen LogP contribution in [-0.4, -0.2) is 37.1 Å². The number of nitrogens with zero attached hydrogens (tertiary/aromatic N) is 1. The molecule has 0 spiro atoms. The van der Waals surface area contributed by atoms with Gasteiger partial charge in [-0.05, 0) is 36.6 Å². The molecular weight excluding hydrogens is 390 g/mol. The number of nitrogens with two attached hydrogens (primary N) is 1. The lowest BCUT2D eigenvalue weighted by Gasteiger charge is -2.22. The Kier molecular flexibility index (Phi) is 9.68. The number of benzene rings is 2. The predicted octanol–water partition coefficient (Wildman–Crippen LogP) is 3.64. The second kappa shape index (κ2) is 11.5. The lowest BCUT2D eigenvalue weighted by Crippen LogP contribution is -2.42. The van der Waals surface area contributed by atoms with Crippen LogP contribution in [0.3, 0.4) is 0 Å². The summed E-state index contributed by atoms with van der Waals surface area (Å²) in [6.45, 7) is -0.608. The number of halogens is 3. The normalized spacial score (nSPS) is 11.5. The van der Waals surface area contributed by atoms with Crippen molar-refractivity contribution in [1.29, 1.82) is 0 Å². The molecule has 0 fully saturated rings. The topological polar surface area (TPSA) is 64.8 Å². The summed E-state index contributed by atoms with van der Waals surface area (Å²) >= 11 is 0. The molecule has 28 heavy (non-hydrogen) atoms. The highest BCUT2D eigenvalue weighted by Crippen LogP contribution is 2.30. The number of hydrogen-bond acceptors (Lipinski definition) is 4. The van der Waals surface area contributed by atoms with Gasteiger partial charge in [0.05, 0.1) is 12.6 Å². The lowest BCUT2D eigenvalue weighted by atomic mass is 10.1. The number of rotatable bonds is 9. The molecule has 0 heterocycles. The van der Waals surface area contributed by atoms with E-state index in [2.05, 4.69) is 4.74 Å². The molecule has 8 heteroatoms. The molecule has 2 aromatic rings. The van der Waals surface area contributed by atoms with E-state index in [0.717, 1.165) is 11.1 Å². The maximum atomic E-state index is 12.5. The first-order valence-electron chi connectivity index (χ1n) is 8.65. The third-order valence-electron chi connectivity index (χ3n) is 3.94. The minimum atomic E-state index is -2.93. The molecule has 0 aliphatic rings. The van der Waals surface area contributed by atoms with Crippen LogP contribution in [0.2, 0.25) is 0 Å². The van der Waals surface area contributed by atoms with Gasteiger partial charge >= 0.3 is 6.61 Å². The first-order valence-corrected chi connectivity index (χ1v) is 8.65. The van der Waals surface area contributed by atoms with Gasteiger partial charge in [0.2, 0.25) is 5.91 Å². The second-order valence-corrected chi connectivity index (χ2v) is 6.08. The fourth-order valence-electron chi connectivity index (χ4n) is 2.70. The summed E-state index contributed by atoms with van der Waals surface area (Å²) in [7, 11) is 1.65. The molecule has 2 aromatic carbocycles. The summed E-state index contributed by atoms with van der Waals surface area (Å²) < 4.78 is 34.8. The van der Waals surface area contributed by atoms with Crippen molar-refractivity contribution in [3.8, 4) is 11.5 Å². The van der Waals surface area contributed by atoms with E-state index in [4.69, 9.17) is 10.5 Å². The van der Waals surface area contributed by atoms with Gasteiger partial charge in [-0.15, -0.1) is 12.4 Å². The van der Waals surface area contributed by atoms with E-state index >= 15 is 0 Å². The number of alkyl halides is 2. The van der Waals surface area contributed by atoms with Crippen LogP contribution in [0.25, 0.3) is 0 Å². The summed E-state index contributed by atoms with van der Waals surface area (Å²) in [6.07, 6.45) is 0.440. The standard InChI is InChI=1S/C20H24F2N2O3.ClH/c1-3-26-18-12-15(9-10-17(18)27-20(21)22)13-24(2)19(25)16(23)11-14-7-5-4-6-8-14;/h4-10,12,16,20H,3,11,13,23H2,1-2H3;1H/t16-;/m0./s1. The second-order valence-electron chi connectivity index (χ2n) is 6.08. The Balaban J connectivity index is 0.00000392. The Hall–Kier alpha value is -2.38. The molecule has 1 amide bonds. The van der Waals surface area contributed by atoms with Crippen LogP contribution in [0, 0.1) is 0 Å². The van der Waals surface area contributed by atoms with Crippen LogP contribution in [0.4, 0.5) is 8.78 Å². The van der Waals surface area contributed by atoms with Crippen molar-refractivity contribution in [1.82, 2.24) is 4.90 Å². The van der Waals surface area contributed by atoms with Gasteiger partial charge in [-0.3, -0.25) is 4.79 Å². The van der Waals surface area contributed by atoms with Gasteiger partial charge in [-0.25, -0.2) is 0 Å². The highest BCUT2D eigenvalue weighted by atomic mass is 35.5. The fourth-order valence-corrected chi connectivity index (χ4v) is 2.70. The van der Waals surface area contributed by atoms with Gasteiger partial charge in [0.1, 0.15) is 0 Å². The molecule has 0 saturated heterocycles. The maximum absolute atomic E-state index is 12.5. The van der Waals surface area contributed by atoms with Crippen molar-refractivity contribution in [2.75, 3.05) is 13.7 Å². The highest BCUT2D eigenvalue weighted by Gasteiger charge is 2.19. The quantitative estimate of drug-likeness (QED) is 0.680. The molecule has 2 rings (SSSR count). The third kappa shape index (κ3) is 6.98. The Labute approximate surface area is 169 Å². The van der Waals surface area contributed by atoms with Gasteiger partial charge in [0, 0.05) is 13.6 Å². The predicted molar refractivity (Wildman–Crippen MR) is 106 cm³/mol. The zero-order chi connectivity index (χ0) is 19.8. The molecule has 0 saturated carbocycles. The number of amides is 1. The molecule has 0 aromatic heterocycles. The summed E-state index contributed by atoms with van der Waals surface area (Å²) in [5.74, 6) is -0.0280. The minimum Gasteiger partial charge on any atom is -0.490 e. The van der Waals surface area contributed by atoms with E-state index in [-0.39, 0.29) is 36.4 Å². The maximum Gasteiger partial charge on any atom is 0.387 e. The SMILES string of the molecule is CCOc1cc(CN(C)C(=O)[C@@H](N)Cc2ccccc2)ccc1OC(F)F.Cl. The Morgan fingerprint density at radius 3 is 2.39 bits per heavy atom. The molecule has 0 aliphatic heterocycles. The van der Waals surface area contributed by atoms with Crippen molar-refractivity contribution < 1.29 is 23.0 Å². The molecule has 0 bridgehead atoms. The van der Waals surface area contributed by atoms with Crippen LogP contribution in [-0.2, 0) is 17.8 Å². The van der Waals surface area contributed by atoms with Crippen molar-refractivity contribution in [2.24, 2.45) is 5.73 Å². The molecule has 5 nitrogen and oxygen atoms in total. The summed E-state index contributed by atoms with van der Waals surface area (Å²) in [4.78, 5) is 14.0. The summed E-state index contributed by atoms with van der Waals surface area (Å²) in [6, 6.07) is 13.5. The average Bonchev–Trinajstić information content (AvgIpc) is 2.64. The van der Waals surface area contributed by atoms with Crippen LogP contribution < -0.4 is 15.2 Å². The Morgan fingerprint density at radius 1 is 1.11 bits per heavy atom. The Bertz CT molecular complexity index is 747. The number of carbonyl (C=O) groups excluding carboxylic acids is 1. The lowest BCUT2D eigenvalue weighted by molar-refractivity contribution is -0.131. The van der Waals surface area contributed by atoms with Gasteiger partial charge < -0.3 is 20.1 Å². The molecule has 0 aliphatic carbocycles. The molecular formula is C20H25ClF2N2O3. The van der Waals surface area contributed by atoms with E-state index in [0.29, 0.717) is 13.0 Å². The number of carbonyl (C=O) groups is 1. The van der Waals surface area contributed by atoms with E-state index < -0.39 is 12.7 Å². The van der Waals surface area contributed by atoms with Crippen molar-refractivity contribution >= 4 is 18.3 Å². The minimum absolute atomic E-state index is 0. The van der Waals surface area contributed by atoms with Crippen LogP contribution >= 0.6 is 12.4 Å². The Morgan fingerprint density at radius 2 is 1.79 bits per heavy atom. The van der Waals surface area contributed by atoms with E-state index in [1.807, 2.05) is 30.3 Å². The van der Waals surface area contributed by atoms with Crippen LogP contribution in [0.5, 0.6) is 11.5 Å². The zero-order valence-corrected chi connectivity index (χ0v) is 16.6. The third-order valence-corrected chi connectivity index (χ3v) is 3.94. The number of ether oxygens (including phenoxy) is 2. The zero-order valence-electron chi connectivity index (χ0n) is 15.8. The van der Waals surface area contributed by atoms with E-state index in [1.54, 1.807) is 26.1 Å². The van der Waals surface area contributed by atoms with E-state index in [9.17, 15) is 13.6 Å². The molecule has 0 unspecified atom stereocenters. The molecule has 2 N–H and O–H groups in total. The largest absolute Gasteiger partial charge is 0.490 e. The molecule has 0 radical (unpaired) electrons. The molecule has 154 valence electrons. The number of likely N-dealkylation sites (N-methyl/N-ethyl adjacent to an activating group) is 1. The van der Waals surface area contributed by atoms with Crippen LogP contribution in [0.15, 0.2) is 48.5 Å². The fraction of sp³-hybridized carbons (Fsp3) is 0.350. The van der Waals surface area contributed by atoms with Crippen molar-refractivity contribution in [3.63, 3.8) is 0 Å². The smallest absolute Gasteiger partial charge is 0.387 e. The van der Waals surface area contributed by atoms with Gasteiger partial charge in [-0.1, -0.05) is 36.4 Å². The van der Waals surface area contributed by atoms with Gasteiger partial charge in [-0.2, -0.15) is 8.78 Å². The van der Waals surface area contributed by atoms with Gasteiger partial charge in [0.25, 0.3) is 0 Å². The monoisotopic (exact) mass is 414 g/mol. The number of hydrogen-bond donors (Lipinski definition) is 1. The average molecular weight is 415 g/mol. The summed E-state index contributed by atoms with van der Waals surface area (Å²) in [5.41, 5.74) is 7.75. The summed E-state index contributed by atoms with van der Waals surface area (Å²) in [5, 5.41) is 0. The van der Waals surface area contributed by atoms with Crippen LogP contribution in [0.1, 0.15) is 18.1 Å². The first-order chi connectivity index (χ1) is 12.9. The highest BCUT2D eigenvalue weighted by molar-refractivity contribution is 5.85. The van der Waals surface area contributed by atoms with Gasteiger partial charge in [0.15, 0.2) is 11.5 Å².